The van der Waals surface area contributed by atoms with Crippen LogP contribution in [-0.4, -0.2) is 55.6 Å². The standard InChI is InChI=1S/C22H30N2O5/c1-8-29-17-10-9-16(11-18(17)27-6)12-24(5)15(4)21(25)20-13(2)19(14(3)23-20)22(26)28-7/h9-11,15,23H,8,12H2,1-7H3/t15-/m0/s1. The van der Waals surface area contributed by atoms with E-state index in [0.717, 1.165) is 5.56 Å². The van der Waals surface area contributed by atoms with Crippen molar-refractivity contribution >= 4 is 11.8 Å². The maximum absolute atomic E-state index is 13.1. The minimum absolute atomic E-state index is 0.0823. The molecule has 0 saturated heterocycles. The van der Waals surface area contributed by atoms with E-state index in [2.05, 4.69) is 4.98 Å². The molecule has 1 atom stereocenters. The van der Waals surface area contributed by atoms with Gasteiger partial charge in [0.2, 0.25) is 0 Å². The zero-order valence-corrected chi connectivity index (χ0v) is 18.2. The van der Waals surface area contributed by atoms with Crippen LogP contribution in [0.5, 0.6) is 11.5 Å². The number of carbonyl (C=O) groups is 2. The predicted octanol–water partition coefficient (Wildman–Crippen LogP) is 3.53. The Labute approximate surface area is 172 Å². The van der Waals surface area contributed by atoms with E-state index in [0.29, 0.717) is 47.2 Å². The highest BCUT2D eigenvalue weighted by Crippen LogP contribution is 2.29. The number of hydrogen-bond acceptors (Lipinski definition) is 6. The van der Waals surface area contributed by atoms with Gasteiger partial charge in [0.05, 0.1) is 38.1 Å². The number of methoxy groups -OCH3 is 2. The molecule has 158 valence electrons. The Kier molecular flexibility index (Phi) is 7.45. The molecule has 2 aromatic rings. The van der Waals surface area contributed by atoms with Gasteiger partial charge in [-0.1, -0.05) is 6.07 Å². The molecule has 0 saturated carbocycles. The van der Waals surface area contributed by atoms with Crippen molar-refractivity contribution in [1.82, 2.24) is 9.88 Å². The Morgan fingerprint density at radius 1 is 1.17 bits per heavy atom. The van der Waals surface area contributed by atoms with E-state index in [9.17, 15) is 9.59 Å². The van der Waals surface area contributed by atoms with Crippen LogP contribution in [-0.2, 0) is 11.3 Å². The van der Waals surface area contributed by atoms with E-state index in [1.807, 2.05) is 44.0 Å². The van der Waals surface area contributed by atoms with Crippen LogP contribution < -0.4 is 9.47 Å². The molecule has 7 heteroatoms. The topological polar surface area (TPSA) is 80.9 Å². The normalized spacial score (nSPS) is 12.0. The fraction of sp³-hybridized carbons (Fsp3) is 0.455. The molecule has 0 spiro atoms. The molecule has 1 heterocycles. The number of nitrogens with zero attached hydrogens (tertiary/aromatic N) is 1. The minimum atomic E-state index is -0.446. The molecule has 0 aliphatic carbocycles. The van der Waals surface area contributed by atoms with Crippen molar-refractivity contribution in [3.63, 3.8) is 0 Å². The van der Waals surface area contributed by atoms with Gasteiger partial charge < -0.3 is 19.2 Å². The first-order chi connectivity index (χ1) is 13.7. The Bertz CT molecular complexity index is 888. The lowest BCUT2D eigenvalue weighted by Crippen LogP contribution is -2.36. The highest BCUT2D eigenvalue weighted by molar-refractivity contribution is 6.03. The number of aromatic nitrogens is 1. The number of H-pyrrole nitrogens is 1. The number of aromatic amines is 1. The molecule has 7 nitrogen and oxygen atoms in total. The average molecular weight is 402 g/mol. The van der Waals surface area contributed by atoms with Gasteiger partial charge in [-0.05, 0) is 58.0 Å². The summed E-state index contributed by atoms with van der Waals surface area (Å²) in [5, 5.41) is 0. The van der Waals surface area contributed by atoms with Gasteiger partial charge >= 0.3 is 5.97 Å². The van der Waals surface area contributed by atoms with Gasteiger partial charge in [-0.3, -0.25) is 9.69 Å². The summed E-state index contributed by atoms with van der Waals surface area (Å²) in [7, 11) is 4.82. The molecule has 2 rings (SSSR count). The number of rotatable bonds is 9. The average Bonchev–Trinajstić information content (AvgIpc) is 3.01. The van der Waals surface area contributed by atoms with Crippen molar-refractivity contribution in [3.8, 4) is 11.5 Å². The number of carbonyl (C=O) groups excluding carboxylic acids is 2. The number of ether oxygens (including phenoxy) is 3. The van der Waals surface area contributed by atoms with Crippen molar-refractivity contribution in [2.24, 2.45) is 0 Å². The number of benzene rings is 1. The van der Waals surface area contributed by atoms with Gasteiger partial charge in [0, 0.05) is 12.2 Å². The predicted molar refractivity (Wildman–Crippen MR) is 111 cm³/mol. The van der Waals surface area contributed by atoms with E-state index in [4.69, 9.17) is 14.2 Å². The van der Waals surface area contributed by atoms with Crippen molar-refractivity contribution in [2.75, 3.05) is 27.9 Å². The zero-order valence-electron chi connectivity index (χ0n) is 18.2. The van der Waals surface area contributed by atoms with Gasteiger partial charge in [-0.2, -0.15) is 0 Å². The fourth-order valence-electron chi connectivity index (χ4n) is 3.32. The van der Waals surface area contributed by atoms with Crippen molar-refractivity contribution < 1.29 is 23.8 Å². The molecule has 0 aliphatic rings. The molecule has 0 aliphatic heterocycles. The number of nitrogens with one attached hydrogen (secondary N) is 1. The second-order valence-electron chi connectivity index (χ2n) is 6.99. The SMILES string of the molecule is CCOc1ccc(CN(C)[C@@H](C)C(=O)c2[nH]c(C)c(C(=O)OC)c2C)cc1OC. The lowest BCUT2D eigenvalue weighted by Gasteiger charge is -2.24. The maximum atomic E-state index is 13.1. The first-order valence-corrected chi connectivity index (χ1v) is 9.56. The molecule has 1 N–H and O–H groups in total. The summed E-state index contributed by atoms with van der Waals surface area (Å²) in [6, 6.07) is 5.35. The summed E-state index contributed by atoms with van der Waals surface area (Å²) in [6.07, 6.45) is 0. The molecule has 1 aromatic carbocycles. The fourth-order valence-corrected chi connectivity index (χ4v) is 3.32. The summed E-state index contributed by atoms with van der Waals surface area (Å²) in [4.78, 5) is 30.1. The molecule has 0 radical (unpaired) electrons. The lowest BCUT2D eigenvalue weighted by atomic mass is 10.0. The van der Waals surface area contributed by atoms with Crippen molar-refractivity contribution in [1.29, 1.82) is 0 Å². The number of hydrogen-bond donors (Lipinski definition) is 1. The van der Waals surface area contributed by atoms with E-state index in [1.54, 1.807) is 21.0 Å². The van der Waals surface area contributed by atoms with Gasteiger partial charge in [0.15, 0.2) is 17.3 Å². The number of Topliss-reactive ketones (excluding diaryl/α,β-unsaturated/α-hetero) is 1. The van der Waals surface area contributed by atoms with Crippen LogP contribution in [0.15, 0.2) is 18.2 Å². The van der Waals surface area contributed by atoms with Crippen LogP contribution in [0, 0.1) is 13.8 Å². The third-order valence-corrected chi connectivity index (χ3v) is 5.07. The summed E-state index contributed by atoms with van der Waals surface area (Å²) in [5.74, 6) is 0.826. The number of aryl methyl sites for hydroxylation is 1. The summed E-state index contributed by atoms with van der Waals surface area (Å²) in [6.45, 7) is 8.40. The van der Waals surface area contributed by atoms with Crippen molar-refractivity contribution in [2.45, 2.75) is 40.3 Å². The lowest BCUT2D eigenvalue weighted by molar-refractivity contribution is 0.0599. The minimum Gasteiger partial charge on any atom is -0.493 e. The molecule has 29 heavy (non-hydrogen) atoms. The highest BCUT2D eigenvalue weighted by Gasteiger charge is 2.27. The third kappa shape index (κ3) is 4.79. The Balaban J connectivity index is 2.19. The quantitative estimate of drug-likeness (QED) is 0.511. The first kappa shape index (κ1) is 22.5. The Morgan fingerprint density at radius 2 is 1.86 bits per heavy atom. The van der Waals surface area contributed by atoms with Gasteiger partial charge in [0.25, 0.3) is 0 Å². The molecular weight excluding hydrogens is 372 g/mol. The van der Waals surface area contributed by atoms with Gasteiger partial charge in [-0.15, -0.1) is 0 Å². The molecular formula is C22H30N2O5. The van der Waals surface area contributed by atoms with Gasteiger partial charge in [-0.25, -0.2) is 4.79 Å². The van der Waals surface area contributed by atoms with E-state index >= 15 is 0 Å². The Hall–Kier alpha value is -2.80. The Morgan fingerprint density at radius 3 is 2.45 bits per heavy atom. The van der Waals surface area contributed by atoms with E-state index < -0.39 is 12.0 Å². The summed E-state index contributed by atoms with van der Waals surface area (Å²) in [5.41, 5.74) is 3.10. The van der Waals surface area contributed by atoms with E-state index in [1.165, 1.54) is 7.11 Å². The number of likely N-dealkylation sites (N-methyl/N-ethyl adjacent to an activating group) is 1. The maximum Gasteiger partial charge on any atom is 0.339 e. The van der Waals surface area contributed by atoms with Crippen LogP contribution in [0.3, 0.4) is 0 Å². The largest absolute Gasteiger partial charge is 0.493 e. The van der Waals surface area contributed by atoms with Crippen LogP contribution >= 0.6 is 0 Å². The molecule has 0 fully saturated rings. The van der Waals surface area contributed by atoms with E-state index in [-0.39, 0.29) is 5.78 Å². The molecule has 0 amide bonds. The molecule has 1 aromatic heterocycles. The third-order valence-electron chi connectivity index (χ3n) is 5.07. The number of ketones is 1. The van der Waals surface area contributed by atoms with Gasteiger partial charge in [0.1, 0.15) is 0 Å². The van der Waals surface area contributed by atoms with Crippen LogP contribution in [0.2, 0.25) is 0 Å². The zero-order chi connectivity index (χ0) is 21.7. The smallest absolute Gasteiger partial charge is 0.339 e. The van der Waals surface area contributed by atoms with Crippen LogP contribution in [0.1, 0.15) is 51.5 Å². The monoisotopic (exact) mass is 402 g/mol. The van der Waals surface area contributed by atoms with Crippen LogP contribution in [0.25, 0.3) is 0 Å². The highest BCUT2D eigenvalue weighted by atomic mass is 16.5. The summed E-state index contributed by atoms with van der Waals surface area (Å²) < 4.78 is 15.8. The second kappa shape index (κ2) is 9.60. The second-order valence-corrected chi connectivity index (χ2v) is 6.99. The van der Waals surface area contributed by atoms with Crippen LogP contribution in [0.4, 0.5) is 0 Å². The molecule has 0 unspecified atom stereocenters. The number of esters is 1. The first-order valence-electron chi connectivity index (χ1n) is 9.56. The summed E-state index contributed by atoms with van der Waals surface area (Å²) >= 11 is 0. The van der Waals surface area contributed by atoms with Crippen molar-refractivity contribution in [3.05, 3.63) is 46.3 Å². The molecule has 0 bridgehead atoms.